The minimum absolute atomic E-state index is 0.906. The molecule has 4 unspecified atom stereocenters. The van der Waals surface area contributed by atoms with Gasteiger partial charge in [0.2, 0.25) is 0 Å². The molecular formula is C8H9O8S4Sb. The Morgan fingerprint density at radius 3 is 1.90 bits per heavy atom. The number of carboxylic acid groups (broad SMARTS) is 1. The van der Waals surface area contributed by atoms with Crippen LogP contribution in [0.3, 0.4) is 0 Å². The van der Waals surface area contributed by atoms with E-state index in [1.54, 1.807) is 0 Å². The van der Waals surface area contributed by atoms with Crippen molar-refractivity contribution in [2.75, 3.05) is 0 Å². The molecule has 21 heavy (non-hydrogen) atoms. The topological polar surface area (TPSA) is 116 Å². The van der Waals surface area contributed by atoms with Gasteiger partial charge in [0, 0.05) is 0 Å². The Morgan fingerprint density at radius 1 is 1.10 bits per heavy atom. The van der Waals surface area contributed by atoms with Crippen molar-refractivity contribution in [3.8, 4) is 0 Å². The van der Waals surface area contributed by atoms with Gasteiger partial charge in [-0.15, -0.1) is 0 Å². The fourth-order valence-corrected chi connectivity index (χ4v) is 4.90. The van der Waals surface area contributed by atoms with E-state index in [1.165, 1.54) is 0 Å². The average molecular weight is 483 g/mol. The van der Waals surface area contributed by atoms with Crippen LogP contribution in [0.2, 0.25) is 0 Å². The van der Waals surface area contributed by atoms with Crippen LogP contribution in [0, 0.1) is 0 Å². The molecule has 0 radical (unpaired) electrons. The second kappa shape index (κ2) is 8.09. The molecule has 0 aliphatic carbocycles. The summed E-state index contributed by atoms with van der Waals surface area (Å²) < 4.78 is 14.2. The van der Waals surface area contributed by atoms with Crippen molar-refractivity contribution >= 4 is 95.9 Å². The molecule has 0 aromatic heterocycles. The van der Waals surface area contributed by atoms with E-state index in [1.807, 2.05) is 0 Å². The number of hydrogen-bond donors (Lipinski definition) is 5. The predicted molar refractivity (Wildman–Crippen MR) is 82.8 cm³/mol. The fourth-order valence-electron chi connectivity index (χ4n) is 0.960. The Morgan fingerprint density at radius 2 is 1.52 bits per heavy atom. The summed E-state index contributed by atoms with van der Waals surface area (Å²) in [5, 5.41) is 3.53. The molecule has 1 rings (SSSR count). The third kappa shape index (κ3) is 5.05. The summed E-state index contributed by atoms with van der Waals surface area (Å²) in [6, 6.07) is 0. The van der Waals surface area contributed by atoms with Crippen LogP contribution in [-0.4, -0.2) is 71.5 Å². The monoisotopic (exact) mass is 482 g/mol. The van der Waals surface area contributed by atoms with Crippen molar-refractivity contribution < 1.29 is 33.3 Å². The zero-order chi connectivity index (χ0) is 16.3. The first-order valence-electron chi connectivity index (χ1n) is 5.05. The Kier molecular flexibility index (Phi) is 7.38. The van der Waals surface area contributed by atoms with E-state index in [0.29, 0.717) is 0 Å². The molecular weight excluding hydrogens is 474 g/mol. The number of thiol groups is 4. The molecule has 1 heterocycles. The maximum atomic E-state index is 11.7. The summed E-state index contributed by atoms with van der Waals surface area (Å²) in [5.41, 5.74) is 0. The van der Waals surface area contributed by atoms with Gasteiger partial charge in [0.15, 0.2) is 0 Å². The normalized spacial score (nSPS) is 26.1. The quantitative estimate of drug-likeness (QED) is 0.253. The van der Waals surface area contributed by atoms with Gasteiger partial charge >= 0.3 is 150 Å². The first kappa shape index (κ1) is 19.1. The van der Waals surface area contributed by atoms with Crippen molar-refractivity contribution in [3.05, 3.63) is 0 Å². The molecule has 1 fully saturated rings. The second-order valence-electron chi connectivity index (χ2n) is 3.57. The van der Waals surface area contributed by atoms with Gasteiger partial charge in [-0.1, -0.05) is 0 Å². The van der Waals surface area contributed by atoms with Gasteiger partial charge in [0.05, 0.1) is 0 Å². The maximum absolute atomic E-state index is 11.7. The molecule has 1 aliphatic heterocycles. The summed E-state index contributed by atoms with van der Waals surface area (Å²) in [5.74, 6) is -4.31. The molecule has 1 aliphatic rings. The molecule has 118 valence electrons. The average Bonchev–Trinajstić information content (AvgIpc) is 2.50. The van der Waals surface area contributed by atoms with Crippen LogP contribution in [-0.2, 0) is 28.2 Å². The van der Waals surface area contributed by atoms with Gasteiger partial charge < -0.3 is 0 Å². The van der Waals surface area contributed by atoms with Gasteiger partial charge in [-0.05, 0) is 0 Å². The first-order valence-corrected chi connectivity index (χ1v) is 10.2. The SMILES string of the molecule is O=C(O)C(S)C(S)C(=O)[O][Sb]1[O]C(=O)C(S)C(S)C(=O)[O]1. The molecule has 4 atom stereocenters. The van der Waals surface area contributed by atoms with Crippen LogP contribution in [0.4, 0.5) is 0 Å². The van der Waals surface area contributed by atoms with E-state index in [2.05, 4.69) is 50.5 Å². The number of carbonyl (C=O) groups is 4. The van der Waals surface area contributed by atoms with Gasteiger partial charge in [-0.2, -0.15) is 0 Å². The minimum atomic E-state index is -3.96. The first-order chi connectivity index (χ1) is 9.65. The van der Waals surface area contributed by atoms with E-state index >= 15 is 0 Å². The molecule has 0 aromatic carbocycles. The Labute approximate surface area is 149 Å². The number of carbonyl (C=O) groups excluding carboxylic acids is 3. The van der Waals surface area contributed by atoms with Gasteiger partial charge in [0.1, 0.15) is 0 Å². The third-order valence-corrected chi connectivity index (χ3v) is 7.40. The number of carboxylic acids is 1. The summed E-state index contributed by atoms with van der Waals surface area (Å²) in [7, 11) is 0. The Balaban J connectivity index is 2.74. The molecule has 0 bridgehead atoms. The standard InChI is InChI=1S/2C4H6O4S2.Sb/c2*5-3(6)1(9)2(10)4(7)8;/h2*1-2,9-10H,(H,5,6)(H,7,8);/q;;+3/p-3. The summed E-state index contributed by atoms with van der Waals surface area (Å²) >= 11 is 11.1. The molecule has 1 N–H and O–H groups in total. The van der Waals surface area contributed by atoms with Crippen LogP contribution in [0.1, 0.15) is 0 Å². The number of rotatable bonds is 4. The van der Waals surface area contributed by atoms with Crippen molar-refractivity contribution in [1.29, 1.82) is 0 Å². The van der Waals surface area contributed by atoms with E-state index in [-0.39, 0.29) is 0 Å². The number of hydrogen-bond acceptors (Lipinski definition) is 11. The van der Waals surface area contributed by atoms with E-state index < -0.39 is 66.3 Å². The summed E-state index contributed by atoms with van der Waals surface area (Å²) in [6.07, 6.45) is 0. The molecule has 13 heteroatoms. The van der Waals surface area contributed by atoms with Crippen LogP contribution in [0.25, 0.3) is 0 Å². The number of aliphatic carboxylic acids is 1. The van der Waals surface area contributed by atoms with Crippen LogP contribution < -0.4 is 0 Å². The van der Waals surface area contributed by atoms with Crippen molar-refractivity contribution in [3.63, 3.8) is 0 Å². The van der Waals surface area contributed by atoms with E-state index in [9.17, 15) is 19.2 Å². The molecule has 0 spiro atoms. The Bertz CT molecular complexity index is 451. The van der Waals surface area contributed by atoms with E-state index in [0.717, 1.165) is 0 Å². The summed E-state index contributed by atoms with van der Waals surface area (Å²) in [6.45, 7) is 0. The van der Waals surface area contributed by atoms with Crippen LogP contribution >= 0.6 is 50.5 Å². The molecule has 0 amide bonds. The molecule has 0 aromatic rings. The van der Waals surface area contributed by atoms with Crippen molar-refractivity contribution in [1.82, 2.24) is 0 Å². The molecule has 1 saturated heterocycles. The van der Waals surface area contributed by atoms with Gasteiger partial charge in [0.25, 0.3) is 0 Å². The van der Waals surface area contributed by atoms with Crippen LogP contribution in [0.15, 0.2) is 0 Å². The zero-order valence-corrected chi connectivity index (χ0v) is 16.0. The van der Waals surface area contributed by atoms with Crippen molar-refractivity contribution in [2.24, 2.45) is 0 Å². The third-order valence-electron chi connectivity index (χ3n) is 2.07. The fraction of sp³-hybridized carbons (Fsp3) is 0.500. The Hall–Kier alpha value is 0.0982. The summed E-state index contributed by atoms with van der Waals surface area (Å²) in [4.78, 5) is 45.4. The van der Waals surface area contributed by atoms with E-state index in [4.69, 9.17) is 14.2 Å². The van der Waals surface area contributed by atoms with Crippen LogP contribution in [0.5, 0.6) is 0 Å². The van der Waals surface area contributed by atoms with Crippen molar-refractivity contribution in [2.45, 2.75) is 21.0 Å². The predicted octanol–water partition coefficient (Wildman–Crippen LogP) is -1.11. The second-order valence-corrected chi connectivity index (χ2v) is 8.64. The van der Waals surface area contributed by atoms with Gasteiger partial charge in [-0.3, -0.25) is 0 Å². The molecule has 0 saturated carbocycles. The van der Waals surface area contributed by atoms with Gasteiger partial charge in [-0.25, -0.2) is 0 Å². The zero-order valence-electron chi connectivity index (χ0n) is 9.85. The molecule has 8 nitrogen and oxygen atoms in total.